The Morgan fingerprint density at radius 2 is 0.522 bits per heavy atom. The summed E-state index contributed by atoms with van der Waals surface area (Å²) in [5.41, 5.74) is 0. The number of hydrogen-bond donors (Lipinski definition) is 2. The zero-order valence-electron chi connectivity index (χ0n) is 31.9. The van der Waals surface area contributed by atoms with Crippen molar-refractivity contribution in [2.75, 3.05) is 0 Å². The van der Waals surface area contributed by atoms with E-state index in [2.05, 4.69) is 27.7 Å². The Morgan fingerprint density at radius 1 is 0.348 bits per heavy atom. The van der Waals surface area contributed by atoms with Gasteiger partial charge in [0.15, 0.2) is 0 Å². The topological polar surface area (TPSA) is 74.6 Å². The SMILES string of the molecule is CCC(C)CCCCCCCCCCCCCCCCC(=O)O.CCC(C)CCCCCCCCCCCCCCCCC(=O)O. The van der Waals surface area contributed by atoms with Crippen molar-refractivity contribution in [3.05, 3.63) is 0 Å². The van der Waals surface area contributed by atoms with E-state index >= 15 is 0 Å². The van der Waals surface area contributed by atoms with Crippen molar-refractivity contribution < 1.29 is 19.8 Å². The maximum Gasteiger partial charge on any atom is 0.303 e. The number of carboxylic acids is 2. The summed E-state index contributed by atoms with van der Waals surface area (Å²) in [6, 6.07) is 0. The van der Waals surface area contributed by atoms with E-state index in [4.69, 9.17) is 10.2 Å². The van der Waals surface area contributed by atoms with E-state index in [1.165, 1.54) is 180 Å². The first-order chi connectivity index (χ1) is 22.3. The Balaban J connectivity index is 0. The van der Waals surface area contributed by atoms with Gasteiger partial charge in [-0.1, -0.05) is 220 Å². The van der Waals surface area contributed by atoms with Gasteiger partial charge in [0.25, 0.3) is 0 Å². The lowest BCUT2D eigenvalue weighted by atomic mass is 9.99. The normalized spacial score (nSPS) is 12.4. The Kier molecular flexibility index (Phi) is 41.0. The summed E-state index contributed by atoms with van der Waals surface area (Å²) in [7, 11) is 0. The van der Waals surface area contributed by atoms with Crippen LogP contribution in [0, 0.1) is 11.8 Å². The molecule has 2 atom stereocenters. The van der Waals surface area contributed by atoms with E-state index in [-0.39, 0.29) is 0 Å². The Morgan fingerprint density at radius 3 is 0.696 bits per heavy atom. The third-order valence-corrected chi connectivity index (χ3v) is 10.1. The largest absolute Gasteiger partial charge is 0.481 e. The molecule has 0 aliphatic rings. The third kappa shape index (κ3) is 45.1. The van der Waals surface area contributed by atoms with Crippen LogP contribution >= 0.6 is 0 Å². The number of hydrogen-bond acceptors (Lipinski definition) is 2. The first-order valence-electron chi connectivity index (χ1n) is 20.8. The summed E-state index contributed by atoms with van der Waals surface area (Å²) in [5.74, 6) is 0.542. The van der Waals surface area contributed by atoms with Gasteiger partial charge in [-0.2, -0.15) is 0 Å². The molecule has 46 heavy (non-hydrogen) atoms. The summed E-state index contributed by atoms with van der Waals surface area (Å²) >= 11 is 0. The second-order valence-corrected chi connectivity index (χ2v) is 14.8. The summed E-state index contributed by atoms with van der Waals surface area (Å²) in [6.45, 7) is 9.33. The fraction of sp³-hybridized carbons (Fsp3) is 0.952. The molecular weight excluding hydrogens is 568 g/mol. The van der Waals surface area contributed by atoms with E-state index in [0.29, 0.717) is 12.8 Å². The number of aliphatic carboxylic acids is 2. The van der Waals surface area contributed by atoms with Gasteiger partial charge >= 0.3 is 11.9 Å². The maximum atomic E-state index is 10.4. The highest BCUT2D eigenvalue weighted by Crippen LogP contribution is 2.17. The predicted octanol–water partition coefficient (Wildman–Crippen LogP) is 14.7. The first-order valence-corrected chi connectivity index (χ1v) is 20.8. The van der Waals surface area contributed by atoms with Gasteiger partial charge in [0, 0.05) is 12.8 Å². The van der Waals surface area contributed by atoms with E-state index in [0.717, 1.165) is 37.5 Å². The lowest BCUT2D eigenvalue weighted by Gasteiger charge is -2.07. The van der Waals surface area contributed by atoms with Crippen LogP contribution in [-0.2, 0) is 9.59 Å². The second kappa shape index (κ2) is 40.1. The van der Waals surface area contributed by atoms with E-state index < -0.39 is 11.9 Å². The van der Waals surface area contributed by atoms with Gasteiger partial charge in [-0.25, -0.2) is 0 Å². The van der Waals surface area contributed by atoms with Crippen molar-refractivity contribution in [1.29, 1.82) is 0 Å². The zero-order valence-corrected chi connectivity index (χ0v) is 31.9. The van der Waals surface area contributed by atoms with Gasteiger partial charge < -0.3 is 10.2 Å². The quantitative estimate of drug-likeness (QED) is 0.0660. The van der Waals surface area contributed by atoms with E-state index in [1.54, 1.807) is 0 Å². The Bertz CT molecular complexity index is 552. The van der Waals surface area contributed by atoms with Crippen LogP contribution in [0.25, 0.3) is 0 Å². The van der Waals surface area contributed by atoms with Gasteiger partial charge in [-0.3, -0.25) is 9.59 Å². The van der Waals surface area contributed by atoms with Crippen molar-refractivity contribution in [3.63, 3.8) is 0 Å². The molecule has 4 nitrogen and oxygen atoms in total. The minimum atomic E-state index is -0.652. The maximum absolute atomic E-state index is 10.4. The molecule has 0 aromatic carbocycles. The van der Waals surface area contributed by atoms with Gasteiger partial charge in [-0.15, -0.1) is 0 Å². The summed E-state index contributed by atoms with van der Waals surface area (Å²) in [6.07, 6.45) is 43.3. The fourth-order valence-corrected chi connectivity index (χ4v) is 6.19. The molecule has 0 aliphatic heterocycles. The molecule has 2 unspecified atom stereocenters. The molecule has 276 valence electrons. The van der Waals surface area contributed by atoms with Crippen LogP contribution in [0.5, 0.6) is 0 Å². The van der Waals surface area contributed by atoms with Crippen LogP contribution in [0.15, 0.2) is 0 Å². The van der Waals surface area contributed by atoms with Crippen molar-refractivity contribution >= 4 is 11.9 Å². The third-order valence-electron chi connectivity index (χ3n) is 10.1. The average molecular weight is 653 g/mol. The van der Waals surface area contributed by atoms with Crippen LogP contribution in [0.1, 0.15) is 246 Å². The second-order valence-electron chi connectivity index (χ2n) is 14.8. The molecule has 2 N–H and O–H groups in total. The molecule has 0 aromatic heterocycles. The molecule has 0 bridgehead atoms. The molecule has 0 saturated carbocycles. The summed E-state index contributed by atoms with van der Waals surface area (Å²) < 4.78 is 0. The van der Waals surface area contributed by atoms with Crippen LogP contribution in [0.4, 0.5) is 0 Å². The molecular formula is C42H84O4. The van der Waals surface area contributed by atoms with Crippen LogP contribution in [-0.4, -0.2) is 22.2 Å². The number of carboxylic acid groups (broad SMARTS) is 2. The van der Waals surface area contributed by atoms with Crippen molar-refractivity contribution in [2.24, 2.45) is 11.8 Å². The number of unbranched alkanes of at least 4 members (excludes halogenated alkanes) is 26. The van der Waals surface area contributed by atoms with E-state index in [1.807, 2.05) is 0 Å². The first kappa shape index (κ1) is 47.1. The van der Waals surface area contributed by atoms with Gasteiger partial charge in [-0.05, 0) is 24.7 Å². The highest BCUT2D eigenvalue weighted by Gasteiger charge is 2.01. The minimum absolute atomic E-state index is 0.345. The van der Waals surface area contributed by atoms with Gasteiger partial charge in [0.2, 0.25) is 0 Å². The number of rotatable bonds is 36. The summed E-state index contributed by atoms with van der Waals surface area (Å²) in [4.78, 5) is 20.7. The lowest BCUT2D eigenvalue weighted by molar-refractivity contribution is -0.138. The number of carbonyl (C=O) groups is 2. The molecule has 0 aliphatic carbocycles. The molecule has 0 amide bonds. The summed E-state index contributed by atoms with van der Waals surface area (Å²) in [5, 5.41) is 17.1. The smallest absolute Gasteiger partial charge is 0.303 e. The highest BCUT2D eigenvalue weighted by atomic mass is 16.4. The monoisotopic (exact) mass is 653 g/mol. The van der Waals surface area contributed by atoms with Crippen LogP contribution in [0.2, 0.25) is 0 Å². The average Bonchev–Trinajstić information content (AvgIpc) is 3.04. The standard InChI is InChI=1S/2C21H42O2/c2*1-3-20(2)18-16-14-12-10-8-6-4-5-7-9-11-13-15-17-19-21(22)23/h2*20H,3-19H2,1-2H3,(H,22,23). The molecule has 0 saturated heterocycles. The predicted molar refractivity (Wildman–Crippen MR) is 202 cm³/mol. The Hall–Kier alpha value is -1.06. The van der Waals surface area contributed by atoms with Crippen molar-refractivity contribution in [2.45, 2.75) is 246 Å². The zero-order chi connectivity index (χ0) is 34.4. The highest BCUT2D eigenvalue weighted by molar-refractivity contribution is 5.66. The lowest BCUT2D eigenvalue weighted by Crippen LogP contribution is -1.93. The molecule has 0 spiro atoms. The molecule has 0 radical (unpaired) electrons. The molecule has 0 aromatic rings. The fourth-order valence-electron chi connectivity index (χ4n) is 6.19. The van der Waals surface area contributed by atoms with Gasteiger partial charge in [0.05, 0.1) is 0 Å². The molecule has 0 rings (SSSR count). The minimum Gasteiger partial charge on any atom is -0.481 e. The van der Waals surface area contributed by atoms with Crippen molar-refractivity contribution in [3.8, 4) is 0 Å². The van der Waals surface area contributed by atoms with Crippen molar-refractivity contribution in [1.82, 2.24) is 0 Å². The van der Waals surface area contributed by atoms with E-state index in [9.17, 15) is 9.59 Å². The molecule has 0 fully saturated rings. The van der Waals surface area contributed by atoms with Crippen LogP contribution in [0.3, 0.4) is 0 Å². The van der Waals surface area contributed by atoms with Gasteiger partial charge in [0.1, 0.15) is 0 Å². The van der Waals surface area contributed by atoms with Crippen LogP contribution < -0.4 is 0 Å². The molecule has 4 heteroatoms. The molecule has 0 heterocycles. The Labute approximate surface area is 289 Å².